The third-order valence-corrected chi connectivity index (χ3v) is 5.21. The van der Waals surface area contributed by atoms with Crippen molar-refractivity contribution in [3.05, 3.63) is 69.3 Å². The van der Waals surface area contributed by atoms with Crippen LogP contribution in [0, 0.1) is 18.2 Å². The number of likely N-dealkylation sites (N-methyl/N-ethyl adjacent to an activating group) is 2. The topological polar surface area (TPSA) is 52.9 Å². The molecule has 0 aliphatic rings. The van der Waals surface area contributed by atoms with E-state index < -0.39 is 0 Å². The first-order chi connectivity index (χ1) is 12.5. The minimum absolute atomic E-state index is 0.163. The zero-order valence-corrected chi connectivity index (χ0v) is 16.4. The Bertz CT molecular complexity index is 744. The van der Waals surface area contributed by atoms with Crippen LogP contribution in [-0.2, 0) is 11.3 Å². The molecule has 0 saturated carbocycles. The summed E-state index contributed by atoms with van der Waals surface area (Å²) in [6.45, 7) is 4.04. The van der Waals surface area contributed by atoms with Crippen molar-refractivity contribution < 1.29 is 14.4 Å². The lowest BCUT2D eigenvalue weighted by Crippen LogP contribution is -2.78. The molecule has 1 aromatic carbocycles. The van der Waals surface area contributed by atoms with E-state index in [1.54, 1.807) is 29.5 Å². The first-order valence-electron chi connectivity index (χ1n) is 8.63. The van der Waals surface area contributed by atoms with E-state index in [0.717, 1.165) is 17.8 Å². The minimum Gasteiger partial charge on any atom is -0.361 e. The third kappa shape index (κ3) is 5.85. The second kappa shape index (κ2) is 10.3. The lowest BCUT2D eigenvalue weighted by Gasteiger charge is -2.21. The third-order valence-electron chi connectivity index (χ3n) is 4.15. The van der Waals surface area contributed by atoms with Gasteiger partial charge in [-0.1, -0.05) is 12.1 Å². The maximum atomic E-state index is 13.3. The van der Waals surface area contributed by atoms with Crippen molar-refractivity contribution in [3.8, 4) is 0 Å². The zero-order chi connectivity index (χ0) is 18.9. The van der Waals surface area contributed by atoms with Crippen molar-refractivity contribution in [2.75, 3.05) is 27.2 Å². The number of hydrogen-bond acceptors (Lipinski definition) is 4. The standard InChI is InChI=1S/C20H26FN3OS/c1-15-8-12-26-20(15)19(18(23-2)7-9-22)25-11-10-24(3)14-16-5-4-6-17(21)13-16/h4-9,12-13,19,22-23H,10-11,14H2,1-3H3/p+1. The number of rotatable bonds is 10. The monoisotopic (exact) mass is 376 g/mol. The average molecular weight is 377 g/mol. The van der Waals surface area contributed by atoms with Crippen LogP contribution in [0.2, 0.25) is 0 Å². The summed E-state index contributed by atoms with van der Waals surface area (Å²) in [5.74, 6) is -0.208. The minimum atomic E-state index is -0.208. The Morgan fingerprint density at radius 3 is 2.85 bits per heavy atom. The molecular formula is C20H27FN3OS+. The van der Waals surface area contributed by atoms with Crippen molar-refractivity contribution in [2.24, 2.45) is 0 Å². The summed E-state index contributed by atoms with van der Waals surface area (Å²) < 4.78 is 19.5. The van der Waals surface area contributed by atoms with Gasteiger partial charge < -0.3 is 15.5 Å². The van der Waals surface area contributed by atoms with Crippen LogP contribution in [-0.4, -0.2) is 38.4 Å². The zero-order valence-electron chi connectivity index (χ0n) is 15.5. The van der Waals surface area contributed by atoms with Gasteiger partial charge in [0.05, 0.1) is 13.7 Å². The van der Waals surface area contributed by atoms with Crippen molar-refractivity contribution >= 4 is 17.6 Å². The van der Waals surface area contributed by atoms with Crippen LogP contribution in [0.15, 0.2) is 47.5 Å². The first kappa shape index (κ1) is 20.5. The number of aryl methyl sites for hydroxylation is 1. The van der Waals surface area contributed by atoms with E-state index in [0.29, 0.717) is 13.2 Å². The Balaban J connectivity index is 1.97. The lowest BCUT2D eigenvalue weighted by atomic mass is 10.1. The highest BCUT2D eigenvalue weighted by Crippen LogP contribution is 2.29. The molecule has 0 aliphatic carbocycles. The number of allylic oxidation sites excluding steroid dienone is 1. The summed E-state index contributed by atoms with van der Waals surface area (Å²) in [6, 6.07) is 8.76. The molecule has 26 heavy (non-hydrogen) atoms. The molecule has 3 N–H and O–H groups in total. The number of quaternary nitrogens is 1. The summed E-state index contributed by atoms with van der Waals surface area (Å²) in [5.41, 5.74) is 3.13. The summed E-state index contributed by atoms with van der Waals surface area (Å²) >= 11 is 1.67. The Hall–Kier alpha value is -1.86. The maximum absolute atomic E-state index is 13.3. The molecule has 0 amide bonds. The van der Waals surface area contributed by atoms with Crippen molar-refractivity contribution in [1.82, 2.24) is 4.90 Å². The molecule has 1 unspecified atom stereocenters. The highest BCUT2D eigenvalue weighted by Gasteiger charge is 2.23. The molecule has 0 fully saturated rings. The smallest absolute Gasteiger partial charge is 0.166 e. The molecule has 0 spiro atoms. The Morgan fingerprint density at radius 1 is 1.42 bits per heavy atom. The number of nitrogens with two attached hydrogens (primary N) is 1. The fourth-order valence-corrected chi connectivity index (χ4v) is 3.76. The fourth-order valence-electron chi connectivity index (χ4n) is 2.76. The summed E-state index contributed by atoms with van der Waals surface area (Å²) in [4.78, 5) is 3.28. The van der Waals surface area contributed by atoms with Crippen LogP contribution in [0.4, 0.5) is 4.39 Å². The molecule has 1 aromatic heterocycles. The Labute approximate surface area is 158 Å². The van der Waals surface area contributed by atoms with Gasteiger partial charge >= 0.3 is 0 Å². The van der Waals surface area contributed by atoms with Crippen molar-refractivity contribution in [3.63, 3.8) is 0 Å². The van der Waals surface area contributed by atoms with Crippen molar-refractivity contribution in [2.45, 2.75) is 19.6 Å². The summed E-state index contributed by atoms with van der Waals surface area (Å²) in [5, 5.41) is 11.4. The molecular weight excluding hydrogens is 349 g/mol. The van der Waals surface area contributed by atoms with Gasteiger partial charge in [-0.15, -0.1) is 11.3 Å². The van der Waals surface area contributed by atoms with Crippen LogP contribution < -0.4 is 5.32 Å². The van der Waals surface area contributed by atoms with Crippen LogP contribution in [0.5, 0.6) is 0 Å². The number of nitrogens with zero attached hydrogens (tertiary/aromatic N) is 1. The normalized spacial score (nSPS) is 13.2. The van der Waals surface area contributed by atoms with Crippen LogP contribution in [0.1, 0.15) is 22.1 Å². The number of ether oxygens (including phenoxy) is 1. The molecule has 1 heterocycles. The molecule has 0 bridgehead atoms. The van der Waals surface area contributed by atoms with Gasteiger partial charge in [-0.2, -0.15) is 0 Å². The molecule has 0 saturated heterocycles. The molecule has 2 rings (SSSR count). The summed E-state index contributed by atoms with van der Waals surface area (Å²) in [7, 11) is 3.96. The number of thiophene rings is 1. The van der Waals surface area contributed by atoms with Gasteiger partial charge in [0.2, 0.25) is 0 Å². The largest absolute Gasteiger partial charge is 0.361 e. The Kier molecular flexibility index (Phi) is 8.12. The lowest BCUT2D eigenvalue weighted by molar-refractivity contribution is -0.585. The van der Waals surface area contributed by atoms with Crippen LogP contribution in [0.3, 0.4) is 0 Å². The predicted octanol–water partition coefficient (Wildman–Crippen LogP) is 3.11. The average Bonchev–Trinajstić information content (AvgIpc) is 3.03. The molecule has 6 heteroatoms. The highest BCUT2D eigenvalue weighted by atomic mass is 32.1. The number of nitrogens with one attached hydrogen (secondary N) is 1. The van der Waals surface area contributed by atoms with E-state index in [-0.39, 0.29) is 11.9 Å². The quantitative estimate of drug-likeness (QED) is 0.626. The van der Waals surface area contributed by atoms with E-state index in [4.69, 9.17) is 10.1 Å². The maximum Gasteiger partial charge on any atom is 0.166 e. The molecule has 0 radical (unpaired) electrons. The van der Waals surface area contributed by atoms with E-state index in [1.165, 1.54) is 22.7 Å². The molecule has 2 aromatic rings. The molecule has 4 nitrogen and oxygen atoms in total. The van der Waals surface area contributed by atoms with Gasteiger partial charge in [-0.25, -0.2) is 4.39 Å². The second-order valence-electron chi connectivity index (χ2n) is 6.21. The van der Waals surface area contributed by atoms with Gasteiger partial charge in [0.15, 0.2) is 6.10 Å². The number of hydrogen-bond donors (Lipinski definition) is 2. The van der Waals surface area contributed by atoms with Gasteiger partial charge in [-0.3, -0.25) is 4.90 Å². The van der Waals surface area contributed by atoms with E-state index in [1.807, 2.05) is 25.5 Å². The van der Waals surface area contributed by atoms with Crippen LogP contribution in [0.25, 0.3) is 0 Å². The number of benzene rings is 1. The Morgan fingerprint density at radius 2 is 2.23 bits per heavy atom. The van der Waals surface area contributed by atoms with E-state index in [9.17, 15) is 4.39 Å². The van der Waals surface area contributed by atoms with Gasteiger partial charge in [0.25, 0.3) is 0 Å². The van der Waals surface area contributed by atoms with E-state index in [2.05, 4.69) is 23.3 Å². The first-order valence-corrected chi connectivity index (χ1v) is 9.51. The summed E-state index contributed by atoms with van der Waals surface area (Å²) in [6.07, 6.45) is 2.91. The number of halogens is 1. The fraction of sp³-hybridized carbons (Fsp3) is 0.350. The van der Waals surface area contributed by atoms with Crippen molar-refractivity contribution in [1.29, 1.82) is 5.41 Å². The van der Waals surface area contributed by atoms with Gasteiger partial charge in [0, 0.05) is 30.3 Å². The second-order valence-corrected chi connectivity index (χ2v) is 7.16. The van der Waals surface area contributed by atoms with E-state index >= 15 is 0 Å². The molecule has 0 aliphatic heterocycles. The highest BCUT2D eigenvalue weighted by molar-refractivity contribution is 7.10. The van der Waals surface area contributed by atoms with Gasteiger partial charge in [-0.05, 0) is 48.7 Å². The van der Waals surface area contributed by atoms with Gasteiger partial charge in [0.1, 0.15) is 11.5 Å². The molecule has 1 atom stereocenters. The van der Waals surface area contributed by atoms with Crippen LogP contribution >= 0.6 is 11.3 Å². The molecule has 140 valence electrons. The predicted molar refractivity (Wildman–Crippen MR) is 105 cm³/mol. The SMILES string of the molecule is C[NH2+]C(=CC=N)C(OCCN(C)Cc1cccc(F)c1)c1sccc1C.